The third-order valence-corrected chi connectivity index (χ3v) is 4.29. The van der Waals surface area contributed by atoms with E-state index in [9.17, 15) is 9.18 Å². The molecular weight excluding hydrogens is 365 g/mol. The number of amides is 1. The van der Waals surface area contributed by atoms with Crippen molar-refractivity contribution in [2.24, 2.45) is 0 Å². The van der Waals surface area contributed by atoms with Gasteiger partial charge in [0, 0.05) is 32.6 Å². The molecule has 3 N–H and O–H groups in total. The third-order valence-electron chi connectivity index (χ3n) is 4.29. The Morgan fingerprint density at radius 2 is 1.64 bits per heavy atom. The van der Waals surface area contributed by atoms with Crippen LogP contribution in [0, 0.1) is 0 Å². The standard InChI is InChI=1S/C20H42FN3O4/c1-6-7-17(2)23-10-13-26-11-8-22-9-12-27-14-15-28-20(4,5)19(21)16-24-18(3)25/h17,19,22-23H,6-16H2,1-5H3,(H,24,25). The number of halogens is 1. The van der Waals surface area contributed by atoms with Crippen molar-refractivity contribution in [1.29, 1.82) is 0 Å². The van der Waals surface area contributed by atoms with Gasteiger partial charge < -0.3 is 30.2 Å². The van der Waals surface area contributed by atoms with E-state index in [4.69, 9.17) is 14.2 Å². The predicted molar refractivity (Wildman–Crippen MR) is 110 cm³/mol. The molecule has 0 fully saturated rings. The molecule has 0 aromatic heterocycles. The van der Waals surface area contributed by atoms with Crippen LogP contribution in [0.15, 0.2) is 0 Å². The summed E-state index contributed by atoms with van der Waals surface area (Å²) >= 11 is 0. The van der Waals surface area contributed by atoms with Gasteiger partial charge >= 0.3 is 0 Å². The first-order valence-electron chi connectivity index (χ1n) is 10.4. The molecule has 8 heteroatoms. The highest BCUT2D eigenvalue weighted by Gasteiger charge is 2.30. The van der Waals surface area contributed by atoms with E-state index in [2.05, 4.69) is 29.8 Å². The van der Waals surface area contributed by atoms with Crippen LogP contribution in [0.5, 0.6) is 0 Å². The normalized spacial score (nSPS) is 14.1. The van der Waals surface area contributed by atoms with Gasteiger partial charge in [-0.2, -0.15) is 0 Å². The highest BCUT2D eigenvalue weighted by Crippen LogP contribution is 2.17. The van der Waals surface area contributed by atoms with Gasteiger partial charge in [-0.25, -0.2) is 4.39 Å². The average molecular weight is 408 g/mol. The van der Waals surface area contributed by atoms with E-state index in [1.807, 2.05) is 0 Å². The lowest BCUT2D eigenvalue weighted by Crippen LogP contribution is -2.44. The molecule has 0 aromatic rings. The maximum atomic E-state index is 14.0. The predicted octanol–water partition coefficient (Wildman–Crippen LogP) is 1.66. The number of hydrogen-bond acceptors (Lipinski definition) is 6. The lowest BCUT2D eigenvalue weighted by atomic mass is 10.0. The molecule has 0 saturated carbocycles. The number of nitrogens with one attached hydrogen (secondary N) is 3. The molecule has 0 aliphatic carbocycles. The van der Waals surface area contributed by atoms with E-state index in [1.54, 1.807) is 13.8 Å². The summed E-state index contributed by atoms with van der Waals surface area (Å²) in [7, 11) is 0. The summed E-state index contributed by atoms with van der Waals surface area (Å²) < 4.78 is 30.6. The lowest BCUT2D eigenvalue weighted by Gasteiger charge is -2.29. The smallest absolute Gasteiger partial charge is 0.216 e. The van der Waals surface area contributed by atoms with Crippen molar-refractivity contribution in [1.82, 2.24) is 16.0 Å². The molecule has 0 aliphatic heterocycles. The van der Waals surface area contributed by atoms with Crippen LogP contribution in [-0.4, -0.2) is 82.9 Å². The second-order valence-electron chi connectivity index (χ2n) is 7.48. The number of ether oxygens (including phenoxy) is 3. The molecular formula is C20H42FN3O4. The van der Waals surface area contributed by atoms with Crippen LogP contribution in [0.4, 0.5) is 4.39 Å². The van der Waals surface area contributed by atoms with E-state index in [0.29, 0.717) is 32.5 Å². The topological polar surface area (TPSA) is 80.8 Å². The fraction of sp³-hybridized carbons (Fsp3) is 0.950. The third kappa shape index (κ3) is 16.2. The van der Waals surface area contributed by atoms with E-state index in [-0.39, 0.29) is 12.5 Å². The number of carbonyl (C=O) groups excluding carboxylic acids is 1. The largest absolute Gasteiger partial charge is 0.379 e. The van der Waals surface area contributed by atoms with Gasteiger partial charge in [0.05, 0.1) is 45.2 Å². The van der Waals surface area contributed by atoms with E-state index < -0.39 is 11.8 Å². The quantitative estimate of drug-likeness (QED) is 0.283. The molecule has 0 heterocycles. The molecule has 0 aromatic carbocycles. The zero-order valence-corrected chi connectivity index (χ0v) is 18.4. The summed E-state index contributed by atoms with van der Waals surface area (Å²) in [6.45, 7) is 14.1. The number of alkyl halides is 1. The molecule has 2 atom stereocenters. The van der Waals surface area contributed by atoms with Crippen LogP contribution in [0.25, 0.3) is 0 Å². The molecule has 7 nitrogen and oxygen atoms in total. The van der Waals surface area contributed by atoms with Crippen LogP contribution >= 0.6 is 0 Å². The minimum absolute atomic E-state index is 0.0526. The van der Waals surface area contributed by atoms with Crippen molar-refractivity contribution < 1.29 is 23.4 Å². The average Bonchev–Trinajstić information content (AvgIpc) is 2.63. The van der Waals surface area contributed by atoms with Crippen LogP contribution < -0.4 is 16.0 Å². The summed E-state index contributed by atoms with van der Waals surface area (Å²) in [5.41, 5.74) is -0.968. The fourth-order valence-electron chi connectivity index (χ4n) is 2.46. The lowest BCUT2D eigenvalue weighted by molar-refractivity contribution is -0.120. The minimum Gasteiger partial charge on any atom is -0.379 e. The zero-order chi connectivity index (χ0) is 21.3. The van der Waals surface area contributed by atoms with Crippen molar-refractivity contribution in [2.75, 3.05) is 59.2 Å². The number of hydrogen-bond donors (Lipinski definition) is 3. The Kier molecular flexibility index (Phi) is 16.6. The summed E-state index contributed by atoms with van der Waals surface area (Å²) in [5, 5.41) is 9.13. The molecule has 0 radical (unpaired) electrons. The highest BCUT2D eigenvalue weighted by molar-refractivity contribution is 5.72. The van der Waals surface area contributed by atoms with Gasteiger partial charge in [0.25, 0.3) is 0 Å². The zero-order valence-electron chi connectivity index (χ0n) is 18.4. The van der Waals surface area contributed by atoms with Crippen LogP contribution in [0.3, 0.4) is 0 Å². The first-order valence-corrected chi connectivity index (χ1v) is 10.4. The van der Waals surface area contributed by atoms with Crippen molar-refractivity contribution >= 4 is 5.91 Å². The molecule has 0 saturated heterocycles. The van der Waals surface area contributed by atoms with Gasteiger partial charge in [-0.3, -0.25) is 4.79 Å². The van der Waals surface area contributed by atoms with Crippen molar-refractivity contribution in [3.8, 4) is 0 Å². The Hall–Kier alpha value is -0.800. The molecule has 0 spiro atoms. The molecule has 0 bridgehead atoms. The molecule has 2 unspecified atom stereocenters. The van der Waals surface area contributed by atoms with Gasteiger partial charge in [-0.1, -0.05) is 13.3 Å². The summed E-state index contributed by atoms with van der Waals surface area (Å²) in [6.07, 6.45) is 1.11. The van der Waals surface area contributed by atoms with Gasteiger partial charge in [-0.05, 0) is 27.2 Å². The van der Waals surface area contributed by atoms with Gasteiger partial charge in [0.1, 0.15) is 6.17 Å². The molecule has 0 rings (SSSR count). The maximum absolute atomic E-state index is 14.0. The molecule has 168 valence electrons. The van der Waals surface area contributed by atoms with E-state index in [1.165, 1.54) is 19.8 Å². The van der Waals surface area contributed by atoms with Crippen molar-refractivity contribution in [3.05, 3.63) is 0 Å². The Bertz CT molecular complexity index is 386. The Labute approximate surface area is 170 Å². The second-order valence-corrected chi connectivity index (χ2v) is 7.48. The number of rotatable bonds is 19. The van der Waals surface area contributed by atoms with E-state index >= 15 is 0 Å². The molecule has 28 heavy (non-hydrogen) atoms. The second kappa shape index (κ2) is 17.1. The fourth-order valence-corrected chi connectivity index (χ4v) is 2.46. The van der Waals surface area contributed by atoms with Gasteiger partial charge in [0.15, 0.2) is 0 Å². The van der Waals surface area contributed by atoms with Crippen molar-refractivity contribution in [3.63, 3.8) is 0 Å². The maximum Gasteiger partial charge on any atom is 0.216 e. The first kappa shape index (κ1) is 27.2. The molecule has 1 amide bonds. The Morgan fingerprint density at radius 1 is 1.04 bits per heavy atom. The Balaban J connectivity index is 3.42. The van der Waals surface area contributed by atoms with Gasteiger partial charge in [-0.15, -0.1) is 0 Å². The summed E-state index contributed by atoms with van der Waals surface area (Å²) in [5.74, 6) is -0.252. The van der Waals surface area contributed by atoms with E-state index in [0.717, 1.165) is 26.2 Å². The highest BCUT2D eigenvalue weighted by atomic mass is 19.1. The van der Waals surface area contributed by atoms with Gasteiger partial charge in [0.2, 0.25) is 5.91 Å². The monoisotopic (exact) mass is 407 g/mol. The summed E-state index contributed by atoms with van der Waals surface area (Å²) in [4.78, 5) is 10.8. The molecule has 0 aliphatic rings. The SMILES string of the molecule is CCCC(C)NCCOCCNCCOCCOC(C)(C)C(F)CNC(C)=O. The summed E-state index contributed by atoms with van der Waals surface area (Å²) in [6, 6.07) is 0.548. The number of carbonyl (C=O) groups is 1. The van der Waals surface area contributed by atoms with Crippen LogP contribution in [-0.2, 0) is 19.0 Å². The first-order chi connectivity index (χ1) is 13.3. The minimum atomic E-state index is -1.27. The Morgan fingerprint density at radius 3 is 2.25 bits per heavy atom. The van der Waals surface area contributed by atoms with Crippen LogP contribution in [0.1, 0.15) is 47.5 Å². The van der Waals surface area contributed by atoms with Crippen molar-refractivity contribution in [2.45, 2.75) is 65.3 Å². The van der Waals surface area contributed by atoms with Crippen LogP contribution in [0.2, 0.25) is 0 Å².